The number of halogens is 2. The van der Waals surface area contributed by atoms with Crippen molar-refractivity contribution in [2.75, 3.05) is 0 Å². The SMILES string of the molecule is CC(C)Oc1cncc(C(NN)c2ncc(Cl)cc2Cl)c1. The number of nitrogens with one attached hydrogen (secondary N) is 1. The Hall–Kier alpha value is -1.40. The molecule has 1 atom stereocenters. The Bertz CT molecular complexity index is 622. The van der Waals surface area contributed by atoms with Crippen molar-refractivity contribution in [3.05, 3.63) is 52.0 Å². The van der Waals surface area contributed by atoms with Crippen molar-refractivity contribution < 1.29 is 4.74 Å². The molecule has 5 nitrogen and oxygen atoms in total. The summed E-state index contributed by atoms with van der Waals surface area (Å²) in [4.78, 5) is 8.40. The van der Waals surface area contributed by atoms with Gasteiger partial charge in [0.25, 0.3) is 0 Å². The van der Waals surface area contributed by atoms with Gasteiger partial charge in [0, 0.05) is 12.4 Å². The number of pyridine rings is 2. The third kappa shape index (κ3) is 4.04. The second-order valence-electron chi connectivity index (χ2n) is 4.74. The molecule has 0 saturated heterocycles. The Balaban J connectivity index is 2.37. The average Bonchev–Trinajstić information content (AvgIpc) is 2.41. The highest BCUT2D eigenvalue weighted by Crippen LogP contribution is 2.29. The van der Waals surface area contributed by atoms with Crippen LogP contribution in [-0.2, 0) is 0 Å². The largest absolute Gasteiger partial charge is 0.489 e. The van der Waals surface area contributed by atoms with E-state index in [-0.39, 0.29) is 6.10 Å². The molecule has 21 heavy (non-hydrogen) atoms. The van der Waals surface area contributed by atoms with Crippen LogP contribution >= 0.6 is 23.2 Å². The van der Waals surface area contributed by atoms with E-state index in [0.717, 1.165) is 5.56 Å². The zero-order valence-electron chi connectivity index (χ0n) is 11.7. The van der Waals surface area contributed by atoms with Crippen LogP contribution in [0.15, 0.2) is 30.7 Å². The highest BCUT2D eigenvalue weighted by molar-refractivity contribution is 6.34. The molecule has 7 heteroatoms. The second-order valence-corrected chi connectivity index (χ2v) is 5.58. The molecule has 0 aliphatic rings. The van der Waals surface area contributed by atoms with E-state index in [0.29, 0.717) is 21.5 Å². The highest BCUT2D eigenvalue weighted by atomic mass is 35.5. The summed E-state index contributed by atoms with van der Waals surface area (Å²) in [5.41, 5.74) is 4.06. The molecule has 1 unspecified atom stereocenters. The maximum absolute atomic E-state index is 6.18. The summed E-state index contributed by atoms with van der Waals surface area (Å²) in [6.45, 7) is 3.89. The minimum Gasteiger partial charge on any atom is -0.489 e. The van der Waals surface area contributed by atoms with E-state index in [1.54, 1.807) is 18.5 Å². The average molecular weight is 327 g/mol. The molecular formula is C14H16Cl2N4O. The number of rotatable bonds is 5. The van der Waals surface area contributed by atoms with Gasteiger partial charge in [-0.25, -0.2) is 5.43 Å². The van der Waals surface area contributed by atoms with Gasteiger partial charge in [-0.1, -0.05) is 23.2 Å². The van der Waals surface area contributed by atoms with E-state index >= 15 is 0 Å². The van der Waals surface area contributed by atoms with Gasteiger partial charge in [-0.05, 0) is 31.5 Å². The van der Waals surface area contributed by atoms with Crippen molar-refractivity contribution in [1.29, 1.82) is 0 Å². The quantitative estimate of drug-likeness (QED) is 0.652. The van der Waals surface area contributed by atoms with Crippen LogP contribution in [-0.4, -0.2) is 16.1 Å². The fraction of sp³-hybridized carbons (Fsp3) is 0.286. The molecule has 2 aromatic heterocycles. The molecule has 2 aromatic rings. The van der Waals surface area contributed by atoms with E-state index < -0.39 is 6.04 Å². The van der Waals surface area contributed by atoms with Crippen LogP contribution in [0.3, 0.4) is 0 Å². The lowest BCUT2D eigenvalue weighted by molar-refractivity contribution is 0.241. The smallest absolute Gasteiger partial charge is 0.138 e. The Morgan fingerprint density at radius 1 is 1.19 bits per heavy atom. The molecule has 0 radical (unpaired) electrons. The van der Waals surface area contributed by atoms with Crippen LogP contribution in [0, 0.1) is 0 Å². The van der Waals surface area contributed by atoms with Crippen molar-refractivity contribution in [1.82, 2.24) is 15.4 Å². The normalized spacial score (nSPS) is 12.5. The standard InChI is InChI=1S/C14H16Cl2N4O/c1-8(2)21-11-3-9(5-18-7-11)13(20-17)14-12(16)4-10(15)6-19-14/h3-8,13,20H,17H2,1-2H3. The van der Waals surface area contributed by atoms with Gasteiger partial charge in [0.05, 0.1) is 34.1 Å². The summed E-state index contributed by atoms with van der Waals surface area (Å²) in [5.74, 6) is 6.30. The van der Waals surface area contributed by atoms with Gasteiger partial charge >= 0.3 is 0 Å². The van der Waals surface area contributed by atoms with Gasteiger partial charge in [-0.15, -0.1) is 0 Å². The molecule has 0 fully saturated rings. The molecule has 0 aromatic carbocycles. The van der Waals surface area contributed by atoms with Crippen molar-refractivity contribution in [3.63, 3.8) is 0 Å². The summed E-state index contributed by atoms with van der Waals surface area (Å²) in [6, 6.07) is 3.07. The highest BCUT2D eigenvalue weighted by Gasteiger charge is 2.18. The Labute approximate surface area is 133 Å². The molecule has 0 spiro atoms. The number of hydrogen-bond donors (Lipinski definition) is 2. The number of nitrogens with zero attached hydrogens (tertiary/aromatic N) is 2. The molecule has 0 aliphatic heterocycles. The van der Waals surface area contributed by atoms with Crippen LogP contribution in [0.5, 0.6) is 5.75 Å². The number of hydrazine groups is 1. The lowest BCUT2D eigenvalue weighted by Gasteiger charge is -2.18. The molecule has 3 N–H and O–H groups in total. The number of aromatic nitrogens is 2. The maximum atomic E-state index is 6.18. The maximum Gasteiger partial charge on any atom is 0.138 e. The van der Waals surface area contributed by atoms with E-state index in [4.69, 9.17) is 33.8 Å². The van der Waals surface area contributed by atoms with E-state index in [1.165, 1.54) is 6.20 Å². The van der Waals surface area contributed by atoms with Gasteiger partial charge in [0.2, 0.25) is 0 Å². The predicted octanol–water partition coefficient (Wildman–Crippen LogP) is 3.12. The van der Waals surface area contributed by atoms with Crippen molar-refractivity contribution in [3.8, 4) is 5.75 Å². The van der Waals surface area contributed by atoms with Crippen LogP contribution in [0.1, 0.15) is 31.1 Å². The van der Waals surface area contributed by atoms with Crippen molar-refractivity contribution in [2.24, 2.45) is 5.84 Å². The fourth-order valence-corrected chi connectivity index (χ4v) is 2.39. The van der Waals surface area contributed by atoms with E-state index in [1.807, 2.05) is 19.9 Å². The van der Waals surface area contributed by atoms with Crippen LogP contribution < -0.4 is 16.0 Å². The molecule has 0 bridgehead atoms. The summed E-state index contributed by atoms with van der Waals surface area (Å²) in [7, 11) is 0. The topological polar surface area (TPSA) is 73.1 Å². The molecule has 2 heterocycles. The van der Waals surface area contributed by atoms with Gasteiger partial charge < -0.3 is 4.74 Å². The monoisotopic (exact) mass is 326 g/mol. The third-order valence-electron chi connectivity index (χ3n) is 2.72. The van der Waals surface area contributed by atoms with Crippen LogP contribution in [0.25, 0.3) is 0 Å². The van der Waals surface area contributed by atoms with Crippen molar-refractivity contribution >= 4 is 23.2 Å². The lowest BCUT2D eigenvalue weighted by atomic mass is 10.1. The van der Waals surface area contributed by atoms with Gasteiger partial charge in [-0.2, -0.15) is 0 Å². The lowest BCUT2D eigenvalue weighted by Crippen LogP contribution is -2.30. The van der Waals surface area contributed by atoms with Crippen LogP contribution in [0.2, 0.25) is 10.0 Å². The summed E-state index contributed by atoms with van der Waals surface area (Å²) in [6.07, 6.45) is 4.91. The fourth-order valence-electron chi connectivity index (χ4n) is 1.90. The van der Waals surface area contributed by atoms with Crippen molar-refractivity contribution in [2.45, 2.75) is 26.0 Å². The Morgan fingerprint density at radius 2 is 1.95 bits per heavy atom. The first-order chi connectivity index (χ1) is 10.0. The third-order valence-corrected chi connectivity index (χ3v) is 3.23. The molecular weight excluding hydrogens is 311 g/mol. The number of nitrogens with two attached hydrogens (primary N) is 1. The molecule has 2 rings (SSSR count). The number of ether oxygens (including phenoxy) is 1. The first-order valence-electron chi connectivity index (χ1n) is 6.40. The predicted molar refractivity (Wildman–Crippen MR) is 83.4 cm³/mol. The summed E-state index contributed by atoms with van der Waals surface area (Å²) < 4.78 is 5.63. The first-order valence-corrected chi connectivity index (χ1v) is 7.15. The summed E-state index contributed by atoms with van der Waals surface area (Å²) >= 11 is 12.0. The Morgan fingerprint density at radius 3 is 2.57 bits per heavy atom. The summed E-state index contributed by atoms with van der Waals surface area (Å²) in [5, 5.41) is 0.898. The zero-order chi connectivity index (χ0) is 15.4. The number of hydrogen-bond acceptors (Lipinski definition) is 5. The minimum absolute atomic E-state index is 0.0589. The van der Waals surface area contributed by atoms with Gasteiger partial charge in [0.1, 0.15) is 5.75 Å². The molecule has 112 valence electrons. The molecule has 0 aliphatic carbocycles. The van der Waals surface area contributed by atoms with Gasteiger partial charge in [-0.3, -0.25) is 15.8 Å². The van der Waals surface area contributed by atoms with Gasteiger partial charge in [0.15, 0.2) is 0 Å². The first kappa shape index (κ1) is 16.0. The minimum atomic E-state index is -0.405. The molecule has 0 amide bonds. The van der Waals surface area contributed by atoms with E-state index in [9.17, 15) is 0 Å². The van der Waals surface area contributed by atoms with Crippen LogP contribution in [0.4, 0.5) is 0 Å². The second kappa shape index (κ2) is 7.04. The zero-order valence-corrected chi connectivity index (χ0v) is 13.2. The Kier molecular flexibility index (Phi) is 5.36. The van der Waals surface area contributed by atoms with E-state index in [2.05, 4.69) is 15.4 Å². The molecule has 0 saturated carbocycles.